The molecular weight excluding hydrogens is 302 g/mol. The van der Waals surface area contributed by atoms with Crippen LogP contribution in [0.5, 0.6) is 0 Å². The van der Waals surface area contributed by atoms with E-state index in [2.05, 4.69) is 23.8 Å². The first-order chi connectivity index (χ1) is 11.5. The van der Waals surface area contributed by atoms with Crippen LogP contribution in [0.15, 0.2) is 53.7 Å². The molecular formula is C19H21N3O2. The van der Waals surface area contributed by atoms with Crippen LogP contribution in [0, 0.1) is 5.92 Å². The molecule has 0 bridgehead atoms. The molecule has 0 aliphatic rings. The first kappa shape index (κ1) is 16.3. The van der Waals surface area contributed by atoms with Gasteiger partial charge in [-0.3, -0.25) is 9.36 Å². The minimum atomic E-state index is -0.758. The van der Waals surface area contributed by atoms with Crippen LogP contribution in [0.3, 0.4) is 0 Å². The number of aromatic nitrogens is 3. The molecule has 5 heteroatoms. The Labute approximate surface area is 140 Å². The summed E-state index contributed by atoms with van der Waals surface area (Å²) in [6.45, 7) is 4.52. The van der Waals surface area contributed by atoms with Gasteiger partial charge in [0.2, 0.25) is 0 Å². The molecule has 0 aliphatic heterocycles. The summed E-state index contributed by atoms with van der Waals surface area (Å²) in [6.07, 6.45) is 3.30. The summed E-state index contributed by atoms with van der Waals surface area (Å²) >= 11 is 0. The first-order valence-electron chi connectivity index (χ1n) is 8.11. The summed E-state index contributed by atoms with van der Waals surface area (Å²) in [5, 5.41) is 10.9. The van der Waals surface area contributed by atoms with Crippen molar-refractivity contribution in [2.45, 2.75) is 32.9 Å². The Morgan fingerprint density at radius 2 is 1.88 bits per heavy atom. The molecule has 0 fully saturated rings. The topological polar surface area (TPSA) is 68.0 Å². The Kier molecular flexibility index (Phi) is 4.71. The molecule has 0 aliphatic carbocycles. The van der Waals surface area contributed by atoms with Gasteiger partial charge in [-0.25, -0.2) is 9.97 Å². The Morgan fingerprint density at radius 1 is 1.12 bits per heavy atom. The third-order valence-corrected chi connectivity index (χ3v) is 3.98. The van der Waals surface area contributed by atoms with E-state index in [0.29, 0.717) is 17.0 Å². The number of rotatable bonds is 5. The number of hydrogen-bond acceptors (Lipinski definition) is 4. The maximum Gasteiger partial charge on any atom is 0.262 e. The molecule has 1 unspecified atom stereocenters. The zero-order valence-electron chi connectivity index (χ0n) is 13.9. The maximum atomic E-state index is 12.4. The lowest BCUT2D eigenvalue weighted by atomic mass is 10.0. The van der Waals surface area contributed by atoms with Crippen molar-refractivity contribution in [2.75, 3.05) is 0 Å². The lowest BCUT2D eigenvalue weighted by molar-refractivity contribution is 0.155. The fraction of sp³-hybridized carbons (Fsp3) is 0.316. The number of fused-ring (bicyclic) bond motifs is 1. The fourth-order valence-corrected chi connectivity index (χ4v) is 2.77. The van der Waals surface area contributed by atoms with Gasteiger partial charge < -0.3 is 5.11 Å². The highest BCUT2D eigenvalue weighted by molar-refractivity contribution is 5.72. The van der Waals surface area contributed by atoms with Gasteiger partial charge in [-0.05, 0) is 35.6 Å². The molecule has 24 heavy (non-hydrogen) atoms. The minimum Gasteiger partial charge on any atom is -0.387 e. The van der Waals surface area contributed by atoms with E-state index in [1.54, 1.807) is 18.3 Å². The second-order valence-electron chi connectivity index (χ2n) is 6.43. The van der Waals surface area contributed by atoms with Gasteiger partial charge in [-0.1, -0.05) is 38.1 Å². The third-order valence-electron chi connectivity index (χ3n) is 3.98. The normalized spacial score (nSPS) is 12.7. The van der Waals surface area contributed by atoms with Crippen LogP contribution < -0.4 is 5.56 Å². The first-order valence-corrected chi connectivity index (χ1v) is 8.11. The molecule has 1 aromatic carbocycles. The summed E-state index contributed by atoms with van der Waals surface area (Å²) in [5.74, 6) is 0.594. The molecule has 0 saturated heterocycles. The van der Waals surface area contributed by atoms with Gasteiger partial charge in [0, 0.05) is 6.20 Å². The quantitative estimate of drug-likeness (QED) is 0.784. The minimum absolute atomic E-state index is 0.167. The summed E-state index contributed by atoms with van der Waals surface area (Å²) < 4.78 is 1.43. The van der Waals surface area contributed by atoms with Crippen LogP contribution in [-0.4, -0.2) is 19.6 Å². The van der Waals surface area contributed by atoms with Crippen LogP contribution in [-0.2, 0) is 13.0 Å². The van der Waals surface area contributed by atoms with Crippen LogP contribution >= 0.6 is 0 Å². The van der Waals surface area contributed by atoms with Gasteiger partial charge in [0.1, 0.15) is 6.33 Å². The zero-order valence-corrected chi connectivity index (χ0v) is 13.9. The third kappa shape index (κ3) is 3.51. The second kappa shape index (κ2) is 6.93. The van der Waals surface area contributed by atoms with Crippen molar-refractivity contribution in [1.82, 2.24) is 14.5 Å². The Hall–Kier alpha value is -2.53. The molecule has 2 heterocycles. The van der Waals surface area contributed by atoms with Gasteiger partial charge in [-0.2, -0.15) is 0 Å². The maximum absolute atomic E-state index is 12.4. The molecule has 3 aromatic rings. The van der Waals surface area contributed by atoms with Crippen LogP contribution in [0.25, 0.3) is 11.0 Å². The number of aliphatic hydroxyl groups is 1. The van der Waals surface area contributed by atoms with Gasteiger partial charge in [0.15, 0.2) is 5.65 Å². The van der Waals surface area contributed by atoms with E-state index in [-0.39, 0.29) is 12.1 Å². The van der Waals surface area contributed by atoms with E-state index in [4.69, 9.17) is 0 Å². The van der Waals surface area contributed by atoms with E-state index in [9.17, 15) is 9.90 Å². The Morgan fingerprint density at radius 3 is 2.58 bits per heavy atom. The van der Waals surface area contributed by atoms with E-state index < -0.39 is 6.10 Å². The molecule has 3 rings (SSSR count). The zero-order chi connectivity index (χ0) is 17.1. The molecule has 0 amide bonds. The molecule has 124 valence electrons. The number of nitrogens with zero attached hydrogens (tertiary/aromatic N) is 3. The SMILES string of the molecule is CC(C)Cc1ccc(C(O)Cn2cnc3ncccc3c2=O)cc1. The monoisotopic (exact) mass is 323 g/mol. The highest BCUT2D eigenvalue weighted by Crippen LogP contribution is 2.17. The summed E-state index contributed by atoms with van der Waals surface area (Å²) in [5.41, 5.74) is 2.27. The highest BCUT2D eigenvalue weighted by Gasteiger charge is 2.12. The van der Waals surface area contributed by atoms with Gasteiger partial charge >= 0.3 is 0 Å². The van der Waals surface area contributed by atoms with Crippen LogP contribution in [0.1, 0.15) is 31.1 Å². The predicted molar refractivity (Wildman–Crippen MR) is 93.7 cm³/mol. The summed E-state index contributed by atoms with van der Waals surface area (Å²) in [7, 11) is 0. The fourth-order valence-electron chi connectivity index (χ4n) is 2.77. The average molecular weight is 323 g/mol. The molecule has 0 radical (unpaired) electrons. The number of benzene rings is 1. The van der Waals surface area contributed by atoms with Crippen LogP contribution in [0.4, 0.5) is 0 Å². The Balaban J connectivity index is 1.80. The highest BCUT2D eigenvalue weighted by atomic mass is 16.3. The predicted octanol–water partition coefficient (Wildman–Crippen LogP) is 2.72. The van der Waals surface area contributed by atoms with E-state index in [1.807, 2.05) is 24.3 Å². The van der Waals surface area contributed by atoms with Gasteiger partial charge in [0.05, 0.1) is 18.0 Å². The number of aliphatic hydroxyl groups excluding tert-OH is 1. The van der Waals surface area contributed by atoms with Crippen molar-refractivity contribution < 1.29 is 5.11 Å². The van der Waals surface area contributed by atoms with E-state index >= 15 is 0 Å². The largest absolute Gasteiger partial charge is 0.387 e. The molecule has 0 spiro atoms. The van der Waals surface area contributed by atoms with Crippen molar-refractivity contribution in [1.29, 1.82) is 0 Å². The van der Waals surface area contributed by atoms with Crippen molar-refractivity contribution in [3.63, 3.8) is 0 Å². The van der Waals surface area contributed by atoms with Crippen molar-refractivity contribution in [3.8, 4) is 0 Å². The molecule has 2 aromatic heterocycles. The van der Waals surface area contributed by atoms with Crippen molar-refractivity contribution in [2.24, 2.45) is 5.92 Å². The van der Waals surface area contributed by atoms with E-state index in [1.165, 1.54) is 16.5 Å². The number of hydrogen-bond donors (Lipinski definition) is 1. The smallest absolute Gasteiger partial charge is 0.262 e. The standard InChI is InChI=1S/C19H21N3O2/c1-13(2)10-14-5-7-15(8-6-14)17(23)11-22-12-21-18-16(19(22)24)4-3-9-20-18/h3-9,12-13,17,23H,10-11H2,1-2H3. The summed E-state index contributed by atoms with van der Waals surface area (Å²) in [6, 6.07) is 11.3. The molecule has 5 nitrogen and oxygen atoms in total. The molecule has 1 N–H and O–H groups in total. The van der Waals surface area contributed by atoms with Gasteiger partial charge in [0.25, 0.3) is 5.56 Å². The van der Waals surface area contributed by atoms with Gasteiger partial charge in [-0.15, -0.1) is 0 Å². The second-order valence-corrected chi connectivity index (χ2v) is 6.43. The lowest BCUT2D eigenvalue weighted by Crippen LogP contribution is -2.24. The van der Waals surface area contributed by atoms with Crippen molar-refractivity contribution in [3.05, 3.63) is 70.4 Å². The molecule has 0 saturated carbocycles. The van der Waals surface area contributed by atoms with E-state index in [0.717, 1.165) is 12.0 Å². The Bertz CT molecular complexity index is 885. The molecule has 1 atom stereocenters. The summed E-state index contributed by atoms with van der Waals surface area (Å²) in [4.78, 5) is 20.7. The average Bonchev–Trinajstić information content (AvgIpc) is 2.57. The lowest BCUT2D eigenvalue weighted by Gasteiger charge is -2.14. The van der Waals surface area contributed by atoms with Crippen molar-refractivity contribution >= 4 is 11.0 Å². The van der Waals surface area contributed by atoms with Crippen LogP contribution in [0.2, 0.25) is 0 Å². The number of pyridine rings is 1.